The van der Waals surface area contributed by atoms with Crippen molar-refractivity contribution >= 4 is 11.7 Å². The molecule has 0 atom stereocenters. The fourth-order valence-electron chi connectivity index (χ4n) is 1.71. The molecule has 106 valence electrons. The molecule has 5 nitrogen and oxygen atoms in total. The van der Waals surface area contributed by atoms with Crippen LogP contribution in [0.3, 0.4) is 0 Å². The summed E-state index contributed by atoms with van der Waals surface area (Å²) in [5, 5.41) is 8.94. The molecule has 0 aliphatic carbocycles. The van der Waals surface area contributed by atoms with E-state index in [1.165, 1.54) is 37.4 Å². The second kappa shape index (κ2) is 5.92. The fraction of sp³-hybridized carbons (Fsp3) is 0.0667. The molecule has 0 saturated heterocycles. The van der Waals surface area contributed by atoms with Crippen molar-refractivity contribution in [3.63, 3.8) is 0 Å². The van der Waals surface area contributed by atoms with E-state index in [0.29, 0.717) is 0 Å². The summed E-state index contributed by atoms with van der Waals surface area (Å²) in [5.74, 6) is -0.999. The Balaban J connectivity index is 2.40. The second-order valence-corrected chi connectivity index (χ2v) is 4.07. The lowest BCUT2D eigenvalue weighted by molar-refractivity contribution is 0.0601. The molecular formula is C15H11FN2O3. The van der Waals surface area contributed by atoms with Crippen LogP contribution in [0, 0.1) is 17.1 Å². The highest BCUT2D eigenvalue weighted by Gasteiger charge is 2.14. The first-order valence-corrected chi connectivity index (χ1v) is 5.91. The number of rotatable bonds is 3. The summed E-state index contributed by atoms with van der Waals surface area (Å²) in [5.41, 5.74) is 5.82. The Labute approximate surface area is 120 Å². The summed E-state index contributed by atoms with van der Waals surface area (Å²) in [6.07, 6.45) is 0. The van der Waals surface area contributed by atoms with Crippen molar-refractivity contribution in [3.8, 4) is 17.6 Å². The molecule has 21 heavy (non-hydrogen) atoms. The van der Waals surface area contributed by atoms with Gasteiger partial charge in [-0.15, -0.1) is 0 Å². The molecule has 0 saturated carbocycles. The summed E-state index contributed by atoms with van der Waals surface area (Å²) in [7, 11) is 1.23. The standard InChI is InChI=1S/C15H11FN2O3/c1-20-15(19)10-7-9(5-6-13(10)18)21-14-4-2-3-12(16)11(14)8-17/h2-7H,18H2,1H3. The van der Waals surface area contributed by atoms with E-state index in [-0.39, 0.29) is 28.3 Å². The number of nitrogens with two attached hydrogens (primary N) is 1. The number of ether oxygens (including phenoxy) is 2. The SMILES string of the molecule is COC(=O)c1cc(Oc2cccc(F)c2C#N)ccc1N. The maximum atomic E-state index is 13.5. The van der Waals surface area contributed by atoms with Crippen molar-refractivity contribution in [3.05, 3.63) is 53.3 Å². The van der Waals surface area contributed by atoms with Gasteiger partial charge in [-0.2, -0.15) is 5.26 Å². The zero-order valence-corrected chi connectivity index (χ0v) is 11.1. The molecule has 0 aliphatic heterocycles. The van der Waals surface area contributed by atoms with E-state index in [4.69, 9.17) is 15.7 Å². The Morgan fingerprint density at radius 1 is 1.33 bits per heavy atom. The summed E-state index contributed by atoms with van der Waals surface area (Å²) >= 11 is 0. The number of hydrogen-bond donors (Lipinski definition) is 1. The van der Waals surface area contributed by atoms with Gasteiger partial charge in [-0.25, -0.2) is 9.18 Å². The lowest BCUT2D eigenvalue weighted by Gasteiger charge is -2.10. The van der Waals surface area contributed by atoms with Crippen LogP contribution in [0.15, 0.2) is 36.4 Å². The molecule has 2 N–H and O–H groups in total. The number of carbonyl (C=O) groups is 1. The molecule has 2 rings (SSSR count). The third-order valence-electron chi connectivity index (χ3n) is 2.75. The van der Waals surface area contributed by atoms with Gasteiger partial charge in [-0.1, -0.05) is 6.07 Å². The fourth-order valence-corrected chi connectivity index (χ4v) is 1.71. The minimum atomic E-state index is -0.682. The van der Waals surface area contributed by atoms with Crippen LogP contribution >= 0.6 is 0 Å². The number of esters is 1. The van der Waals surface area contributed by atoms with Gasteiger partial charge in [0.15, 0.2) is 0 Å². The topological polar surface area (TPSA) is 85.3 Å². The van der Waals surface area contributed by atoms with Gasteiger partial charge < -0.3 is 15.2 Å². The van der Waals surface area contributed by atoms with Crippen molar-refractivity contribution in [1.29, 1.82) is 5.26 Å². The molecule has 0 fully saturated rings. The number of nitrogens with zero attached hydrogens (tertiary/aromatic N) is 1. The lowest BCUT2D eigenvalue weighted by Crippen LogP contribution is -2.05. The third kappa shape index (κ3) is 2.92. The first-order valence-electron chi connectivity index (χ1n) is 5.91. The van der Waals surface area contributed by atoms with Gasteiger partial charge >= 0.3 is 5.97 Å². The van der Waals surface area contributed by atoms with Crippen LogP contribution in [0.5, 0.6) is 11.5 Å². The maximum absolute atomic E-state index is 13.5. The number of methoxy groups -OCH3 is 1. The normalized spacial score (nSPS) is 9.76. The van der Waals surface area contributed by atoms with E-state index < -0.39 is 11.8 Å². The van der Waals surface area contributed by atoms with Gasteiger partial charge in [-0.05, 0) is 30.3 Å². The Morgan fingerprint density at radius 3 is 2.76 bits per heavy atom. The second-order valence-electron chi connectivity index (χ2n) is 4.07. The van der Waals surface area contributed by atoms with Crippen molar-refractivity contribution in [2.75, 3.05) is 12.8 Å². The minimum Gasteiger partial charge on any atom is -0.465 e. The van der Waals surface area contributed by atoms with Crippen LogP contribution in [-0.4, -0.2) is 13.1 Å². The smallest absolute Gasteiger partial charge is 0.340 e. The van der Waals surface area contributed by atoms with Gasteiger partial charge in [0.05, 0.1) is 12.7 Å². The molecule has 0 heterocycles. The van der Waals surface area contributed by atoms with Crippen LogP contribution in [0.1, 0.15) is 15.9 Å². The maximum Gasteiger partial charge on any atom is 0.340 e. The van der Waals surface area contributed by atoms with Crippen molar-refractivity contribution in [1.82, 2.24) is 0 Å². The van der Waals surface area contributed by atoms with E-state index >= 15 is 0 Å². The number of nitriles is 1. The van der Waals surface area contributed by atoms with Crippen LogP contribution in [0.25, 0.3) is 0 Å². The highest BCUT2D eigenvalue weighted by atomic mass is 19.1. The van der Waals surface area contributed by atoms with Crippen LogP contribution in [0.4, 0.5) is 10.1 Å². The van der Waals surface area contributed by atoms with Gasteiger partial charge in [-0.3, -0.25) is 0 Å². The molecule has 0 unspecified atom stereocenters. The van der Waals surface area contributed by atoms with Gasteiger partial charge in [0.2, 0.25) is 0 Å². The number of benzene rings is 2. The van der Waals surface area contributed by atoms with Gasteiger partial charge in [0.25, 0.3) is 0 Å². The molecule has 0 radical (unpaired) electrons. The third-order valence-corrected chi connectivity index (χ3v) is 2.75. The Morgan fingerprint density at radius 2 is 2.10 bits per heavy atom. The van der Waals surface area contributed by atoms with Gasteiger partial charge in [0, 0.05) is 5.69 Å². The van der Waals surface area contributed by atoms with E-state index in [1.54, 1.807) is 6.07 Å². The summed E-state index contributed by atoms with van der Waals surface area (Å²) in [6, 6.07) is 10.1. The average Bonchev–Trinajstić information content (AvgIpc) is 2.48. The minimum absolute atomic E-state index is 0.0538. The molecule has 6 heteroatoms. The molecule has 2 aromatic rings. The average molecular weight is 286 g/mol. The monoisotopic (exact) mass is 286 g/mol. The molecule has 0 aromatic heterocycles. The molecule has 2 aromatic carbocycles. The van der Waals surface area contributed by atoms with E-state index in [1.807, 2.05) is 0 Å². The molecule has 0 bridgehead atoms. The predicted octanol–water partition coefficient (Wildman–Crippen LogP) is 2.86. The Kier molecular flexibility index (Phi) is 4.05. The number of anilines is 1. The number of hydrogen-bond acceptors (Lipinski definition) is 5. The van der Waals surface area contributed by atoms with Crippen LogP contribution < -0.4 is 10.5 Å². The lowest BCUT2D eigenvalue weighted by atomic mass is 10.1. The summed E-state index contributed by atoms with van der Waals surface area (Å²) in [4.78, 5) is 11.5. The first-order chi connectivity index (χ1) is 10.1. The van der Waals surface area contributed by atoms with Crippen LogP contribution in [0.2, 0.25) is 0 Å². The molecular weight excluding hydrogens is 275 g/mol. The first kappa shape index (κ1) is 14.3. The number of carbonyl (C=O) groups excluding carboxylic acids is 1. The Bertz CT molecular complexity index is 738. The molecule has 0 spiro atoms. The summed E-state index contributed by atoms with van der Waals surface area (Å²) < 4.78 is 23.5. The zero-order valence-electron chi connectivity index (χ0n) is 11.1. The quantitative estimate of drug-likeness (QED) is 0.692. The van der Waals surface area contributed by atoms with Crippen LogP contribution in [-0.2, 0) is 4.74 Å². The van der Waals surface area contributed by atoms with Crippen molar-refractivity contribution in [2.24, 2.45) is 0 Å². The molecule has 0 aliphatic rings. The predicted molar refractivity (Wildman–Crippen MR) is 73.4 cm³/mol. The highest BCUT2D eigenvalue weighted by Crippen LogP contribution is 2.29. The zero-order chi connectivity index (χ0) is 15.4. The largest absolute Gasteiger partial charge is 0.465 e. The number of halogens is 1. The van der Waals surface area contributed by atoms with E-state index in [0.717, 1.165) is 6.07 Å². The van der Waals surface area contributed by atoms with E-state index in [9.17, 15) is 9.18 Å². The molecule has 0 amide bonds. The van der Waals surface area contributed by atoms with Gasteiger partial charge in [0.1, 0.15) is 28.9 Å². The van der Waals surface area contributed by atoms with Crippen molar-refractivity contribution in [2.45, 2.75) is 0 Å². The van der Waals surface area contributed by atoms with E-state index in [2.05, 4.69) is 4.74 Å². The summed E-state index contributed by atoms with van der Waals surface area (Å²) in [6.45, 7) is 0. The highest BCUT2D eigenvalue weighted by molar-refractivity contribution is 5.95. The van der Waals surface area contributed by atoms with Crippen molar-refractivity contribution < 1.29 is 18.7 Å². The number of nitrogen functional groups attached to an aromatic ring is 1. The Hall–Kier alpha value is -3.07.